The Balaban J connectivity index is 1.40. The summed E-state index contributed by atoms with van der Waals surface area (Å²) in [5, 5.41) is 0. The molecule has 0 aliphatic heterocycles. The van der Waals surface area contributed by atoms with Crippen LogP contribution < -0.4 is 9.47 Å². The van der Waals surface area contributed by atoms with Crippen molar-refractivity contribution in [3.05, 3.63) is 48.3 Å². The molecule has 0 amide bonds. The summed E-state index contributed by atoms with van der Waals surface area (Å²) in [7, 11) is 0. The largest absolute Gasteiger partial charge is 0.490 e. The van der Waals surface area contributed by atoms with Crippen LogP contribution in [0.4, 0.5) is 8.78 Å². The quantitative estimate of drug-likeness (QED) is 0.289. The standard InChI is InChI=1S/C27H38F2O2/c1-3-5-6-7-20-8-12-22(13-9-20)23-14-10-21(11-15-23)19-31-25-17-16-24(30-18-4-2)26(28)27(25)29/h4,6-7,16-18,20-23H,3,5,8-15,19H2,1-2H3/b7-6+,18-4+. The molecule has 0 bridgehead atoms. The minimum Gasteiger partial charge on any atom is -0.490 e. The zero-order valence-corrected chi connectivity index (χ0v) is 19.1. The second-order valence-corrected chi connectivity index (χ2v) is 9.26. The highest BCUT2D eigenvalue weighted by Crippen LogP contribution is 2.42. The van der Waals surface area contributed by atoms with Gasteiger partial charge in [-0.1, -0.05) is 31.6 Å². The molecular formula is C27H38F2O2. The molecule has 4 heteroatoms. The summed E-state index contributed by atoms with van der Waals surface area (Å²) in [6.45, 7) is 4.43. The van der Waals surface area contributed by atoms with Crippen molar-refractivity contribution in [2.24, 2.45) is 23.7 Å². The first-order valence-electron chi connectivity index (χ1n) is 12.2. The van der Waals surface area contributed by atoms with E-state index in [0.717, 1.165) is 30.6 Å². The molecule has 0 saturated heterocycles. The van der Waals surface area contributed by atoms with Crippen molar-refractivity contribution in [1.29, 1.82) is 0 Å². The maximum Gasteiger partial charge on any atom is 0.205 e. The van der Waals surface area contributed by atoms with E-state index in [9.17, 15) is 8.78 Å². The van der Waals surface area contributed by atoms with Gasteiger partial charge in [0.25, 0.3) is 0 Å². The van der Waals surface area contributed by atoms with Crippen molar-refractivity contribution in [3.8, 4) is 11.5 Å². The van der Waals surface area contributed by atoms with Crippen molar-refractivity contribution in [2.75, 3.05) is 6.61 Å². The third kappa shape index (κ3) is 6.82. The molecule has 3 rings (SSSR count). The second kappa shape index (κ2) is 12.3. The van der Waals surface area contributed by atoms with E-state index in [1.165, 1.54) is 69.8 Å². The average molecular weight is 433 g/mol. The number of halogens is 2. The van der Waals surface area contributed by atoms with Gasteiger partial charge in [0.2, 0.25) is 11.6 Å². The maximum atomic E-state index is 14.3. The first-order chi connectivity index (χ1) is 15.1. The molecule has 0 N–H and O–H groups in total. The van der Waals surface area contributed by atoms with E-state index < -0.39 is 11.6 Å². The van der Waals surface area contributed by atoms with Gasteiger partial charge in [-0.2, -0.15) is 8.78 Å². The van der Waals surface area contributed by atoms with Crippen LogP contribution in [-0.2, 0) is 0 Å². The van der Waals surface area contributed by atoms with Gasteiger partial charge < -0.3 is 9.47 Å². The van der Waals surface area contributed by atoms with E-state index in [4.69, 9.17) is 9.47 Å². The summed E-state index contributed by atoms with van der Waals surface area (Å²) >= 11 is 0. The Morgan fingerprint density at radius 2 is 1.52 bits per heavy atom. The Morgan fingerprint density at radius 3 is 2.16 bits per heavy atom. The van der Waals surface area contributed by atoms with Crippen LogP contribution in [0.3, 0.4) is 0 Å². The van der Waals surface area contributed by atoms with Crippen molar-refractivity contribution >= 4 is 0 Å². The van der Waals surface area contributed by atoms with Gasteiger partial charge in [0.15, 0.2) is 11.5 Å². The molecule has 0 heterocycles. The summed E-state index contributed by atoms with van der Waals surface area (Å²) in [4.78, 5) is 0. The fourth-order valence-electron chi connectivity index (χ4n) is 5.16. The number of allylic oxidation sites excluding steroid dienone is 3. The highest BCUT2D eigenvalue weighted by Gasteiger charge is 2.30. The number of rotatable bonds is 9. The second-order valence-electron chi connectivity index (χ2n) is 9.26. The Bertz CT molecular complexity index is 727. The van der Waals surface area contributed by atoms with E-state index in [1.54, 1.807) is 13.0 Å². The molecule has 1 aromatic carbocycles. The smallest absolute Gasteiger partial charge is 0.205 e. The number of hydrogen-bond acceptors (Lipinski definition) is 2. The fraction of sp³-hybridized carbons (Fsp3) is 0.630. The highest BCUT2D eigenvalue weighted by atomic mass is 19.2. The normalized spacial score (nSPS) is 27.1. The molecule has 1 aromatic rings. The third-order valence-corrected chi connectivity index (χ3v) is 7.06. The van der Waals surface area contributed by atoms with Crippen LogP contribution in [0.5, 0.6) is 11.5 Å². The summed E-state index contributed by atoms with van der Waals surface area (Å²) in [6.07, 6.45) is 20.3. The predicted molar refractivity (Wildman–Crippen MR) is 122 cm³/mol. The van der Waals surface area contributed by atoms with E-state index in [-0.39, 0.29) is 11.5 Å². The topological polar surface area (TPSA) is 18.5 Å². The summed E-state index contributed by atoms with van der Waals surface area (Å²) in [5.74, 6) is 0.785. The van der Waals surface area contributed by atoms with Crippen LogP contribution in [0.15, 0.2) is 36.6 Å². The average Bonchev–Trinajstić information content (AvgIpc) is 2.80. The zero-order valence-electron chi connectivity index (χ0n) is 19.1. The lowest BCUT2D eigenvalue weighted by Gasteiger charge is -2.37. The molecule has 0 radical (unpaired) electrons. The van der Waals surface area contributed by atoms with Gasteiger partial charge >= 0.3 is 0 Å². The number of hydrogen-bond donors (Lipinski definition) is 0. The number of unbranched alkanes of at least 4 members (excludes halogenated alkanes) is 1. The molecule has 172 valence electrons. The maximum absolute atomic E-state index is 14.3. The van der Waals surface area contributed by atoms with Crippen LogP contribution in [0.2, 0.25) is 0 Å². The lowest BCUT2D eigenvalue weighted by Crippen LogP contribution is -2.27. The Hall–Kier alpha value is -1.84. The number of ether oxygens (including phenoxy) is 2. The van der Waals surface area contributed by atoms with Crippen LogP contribution in [-0.4, -0.2) is 6.61 Å². The van der Waals surface area contributed by atoms with Crippen molar-refractivity contribution in [2.45, 2.75) is 78.1 Å². The van der Waals surface area contributed by atoms with Gasteiger partial charge in [0, 0.05) is 0 Å². The monoisotopic (exact) mass is 432 g/mol. The lowest BCUT2D eigenvalue weighted by molar-refractivity contribution is 0.127. The van der Waals surface area contributed by atoms with Crippen LogP contribution in [0.25, 0.3) is 0 Å². The predicted octanol–water partition coefficient (Wildman–Crippen LogP) is 8.23. The molecule has 0 unspecified atom stereocenters. The number of benzene rings is 1. The van der Waals surface area contributed by atoms with E-state index in [2.05, 4.69) is 19.1 Å². The van der Waals surface area contributed by atoms with Crippen molar-refractivity contribution < 1.29 is 18.3 Å². The van der Waals surface area contributed by atoms with Crippen LogP contribution in [0.1, 0.15) is 78.1 Å². The van der Waals surface area contributed by atoms with Gasteiger partial charge in [0.05, 0.1) is 12.9 Å². The summed E-state index contributed by atoms with van der Waals surface area (Å²) in [6, 6.07) is 2.87. The van der Waals surface area contributed by atoms with Gasteiger partial charge in [0.1, 0.15) is 0 Å². The first kappa shape index (κ1) is 23.8. The minimum atomic E-state index is -1.00. The highest BCUT2D eigenvalue weighted by molar-refractivity contribution is 5.35. The molecule has 0 atom stereocenters. The molecule has 2 nitrogen and oxygen atoms in total. The van der Waals surface area contributed by atoms with E-state index in [1.807, 2.05) is 0 Å². The molecule has 2 aliphatic rings. The molecule has 0 aromatic heterocycles. The Labute approximate surface area is 186 Å². The lowest BCUT2D eigenvalue weighted by atomic mass is 9.69. The van der Waals surface area contributed by atoms with Crippen molar-refractivity contribution in [1.82, 2.24) is 0 Å². The molecule has 31 heavy (non-hydrogen) atoms. The molecular weight excluding hydrogens is 394 g/mol. The van der Waals surface area contributed by atoms with Crippen LogP contribution >= 0.6 is 0 Å². The van der Waals surface area contributed by atoms with E-state index in [0.29, 0.717) is 12.5 Å². The van der Waals surface area contributed by atoms with Gasteiger partial charge in [-0.05, 0) is 101 Å². The Morgan fingerprint density at radius 1 is 0.903 bits per heavy atom. The molecule has 2 fully saturated rings. The van der Waals surface area contributed by atoms with Gasteiger partial charge in [-0.25, -0.2) is 0 Å². The zero-order chi connectivity index (χ0) is 22.1. The first-order valence-corrected chi connectivity index (χ1v) is 12.2. The minimum absolute atomic E-state index is 0.0260. The van der Waals surface area contributed by atoms with Gasteiger partial charge in [-0.15, -0.1) is 0 Å². The van der Waals surface area contributed by atoms with Gasteiger partial charge in [-0.3, -0.25) is 0 Å². The van der Waals surface area contributed by atoms with Crippen LogP contribution in [0, 0.1) is 35.3 Å². The SMILES string of the molecule is C/C=C/Oc1ccc(OCC2CCC(C3CCC(/C=C/CCC)CC3)CC2)c(F)c1F. The molecule has 2 aliphatic carbocycles. The summed E-state index contributed by atoms with van der Waals surface area (Å²) in [5.41, 5.74) is 0. The van der Waals surface area contributed by atoms with Crippen molar-refractivity contribution in [3.63, 3.8) is 0 Å². The third-order valence-electron chi connectivity index (χ3n) is 7.06. The molecule has 2 saturated carbocycles. The Kier molecular flexibility index (Phi) is 9.42. The van der Waals surface area contributed by atoms with E-state index >= 15 is 0 Å². The fourth-order valence-corrected chi connectivity index (χ4v) is 5.16. The summed E-state index contributed by atoms with van der Waals surface area (Å²) < 4.78 is 39.1. The molecule has 0 spiro atoms.